The maximum Gasteiger partial charge on any atom is 0.171 e. The number of methoxy groups -OCH3 is 1. The molecule has 0 radical (unpaired) electrons. The number of hydrogen-bond acceptors (Lipinski definition) is 3. The van der Waals surface area contributed by atoms with E-state index in [1.807, 2.05) is 36.4 Å². The third kappa shape index (κ3) is 3.93. The fraction of sp³-hybridized carbons (Fsp3) is 0.143. The van der Waals surface area contributed by atoms with E-state index in [1.54, 1.807) is 19.5 Å². The third-order valence-electron chi connectivity index (χ3n) is 2.55. The molecule has 0 unspecified atom stereocenters. The van der Waals surface area contributed by atoms with Crippen LogP contribution in [-0.4, -0.2) is 17.2 Å². The first kappa shape index (κ1) is 13.3. The Morgan fingerprint density at radius 1 is 1.26 bits per heavy atom. The summed E-state index contributed by atoms with van der Waals surface area (Å²) in [4.78, 5) is 4.01. The summed E-state index contributed by atoms with van der Waals surface area (Å²) >= 11 is 5.22. The van der Waals surface area contributed by atoms with E-state index in [4.69, 9.17) is 17.0 Å². The first-order valence-corrected chi connectivity index (χ1v) is 6.27. The van der Waals surface area contributed by atoms with Crippen LogP contribution < -0.4 is 15.4 Å². The second-order valence-electron chi connectivity index (χ2n) is 3.86. The Morgan fingerprint density at radius 2 is 2.11 bits per heavy atom. The van der Waals surface area contributed by atoms with E-state index in [-0.39, 0.29) is 0 Å². The third-order valence-corrected chi connectivity index (χ3v) is 2.80. The van der Waals surface area contributed by atoms with Crippen molar-refractivity contribution in [1.29, 1.82) is 0 Å². The van der Waals surface area contributed by atoms with Crippen LogP contribution in [0.2, 0.25) is 0 Å². The lowest BCUT2D eigenvalue weighted by atomic mass is 10.2. The number of nitrogens with zero attached hydrogens (tertiary/aromatic N) is 1. The molecule has 0 aliphatic heterocycles. The van der Waals surface area contributed by atoms with E-state index in [1.165, 1.54) is 0 Å². The molecule has 5 heteroatoms. The predicted octanol–water partition coefficient (Wildman–Crippen LogP) is 2.58. The van der Waals surface area contributed by atoms with Gasteiger partial charge in [0.2, 0.25) is 0 Å². The lowest BCUT2D eigenvalue weighted by molar-refractivity contribution is 0.409. The van der Waals surface area contributed by atoms with Crippen molar-refractivity contribution in [3.63, 3.8) is 0 Å². The van der Waals surface area contributed by atoms with Crippen LogP contribution in [0, 0.1) is 0 Å². The van der Waals surface area contributed by atoms with Crippen LogP contribution in [0.25, 0.3) is 0 Å². The molecule has 0 aliphatic carbocycles. The number of nitrogens with one attached hydrogen (secondary N) is 2. The van der Waals surface area contributed by atoms with E-state index in [0.717, 1.165) is 17.0 Å². The smallest absolute Gasteiger partial charge is 0.171 e. The molecule has 1 aromatic heterocycles. The van der Waals surface area contributed by atoms with Gasteiger partial charge >= 0.3 is 0 Å². The highest BCUT2D eigenvalue weighted by Gasteiger charge is 2.02. The number of anilines is 1. The molecular formula is C14H15N3OS. The molecule has 2 rings (SSSR count). The summed E-state index contributed by atoms with van der Waals surface area (Å²) in [6, 6.07) is 11.6. The average molecular weight is 273 g/mol. The monoisotopic (exact) mass is 273 g/mol. The van der Waals surface area contributed by atoms with E-state index >= 15 is 0 Å². The summed E-state index contributed by atoms with van der Waals surface area (Å²) in [5.74, 6) is 0.846. The molecule has 0 saturated heterocycles. The maximum absolute atomic E-state index is 5.28. The molecular weight excluding hydrogens is 258 g/mol. The standard InChI is InChI=1S/C14H15N3OS/c1-18-13-7-3-2-5-11(13)9-16-14(19)17-12-6-4-8-15-10-12/h2-8,10H,9H2,1H3,(H2,16,17,19). The highest BCUT2D eigenvalue weighted by atomic mass is 32.1. The quantitative estimate of drug-likeness (QED) is 0.838. The van der Waals surface area contributed by atoms with Gasteiger partial charge in [-0.1, -0.05) is 18.2 Å². The number of benzene rings is 1. The predicted molar refractivity (Wildman–Crippen MR) is 80.3 cm³/mol. The van der Waals surface area contributed by atoms with Crippen molar-refractivity contribution in [2.24, 2.45) is 0 Å². The molecule has 4 nitrogen and oxygen atoms in total. The zero-order valence-corrected chi connectivity index (χ0v) is 11.4. The molecule has 2 aromatic rings. The minimum atomic E-state index is 0.555. The van der Waals surface area contributed by atoms with Crippen molar-refractivity contribution in [3.05, 3.63) is 54.4 Å². The number of ether oxygens (including phenoxy) is 1. The van der Waals surface area contributed by atoms with Gasteiger partial charge in [0.05, 0.1) is 19.0 Å². The van der Waals surface area contributed by atoms with E-state index in [0.29, 0.717) is 11.7 Å². The molecule has 98 valence electrons. The van der Waals surface area contributed by atoms with Gasteiger partial charge in [0, 0.05) is 18.3 Å². The summed E-state index contributed by atoms with van der Waals surface area (Å²) in [6.45, 7) is 0.607. The molecule has 0 saturated carbocycles. The lowest BCUT2D eigenvalue weighted by Crippen LogP contribution is -2.28. The summed E-state index contributed by atoms with van der Waals surface area (Å²) in [6.07, 6.45) is 3.44. The number of pyridine rings is 1. The van der Waals surface area contributed by atoms with Gasteiger partial charge in [0.15, 0.2) is 5.11 Å². The number of aromatic nitrogens is 1. The second-order valence-corrected chi connectivity index (χ2v) is 4.27. The van der Waals surface area contributed by atoms with Crippen LogP contribution in [0.1, 0.15) is 5.56 Å². The minimum Gasteiger partial charge on any atom is -0.496 e. The van der Waals surface area contributed by atoms with Crippen molar-refractivity contribution in [2.45, 2.75) is 6.54 Å². The van der Waals surface area contributed by atoms with Gasteiger partial charge in [-0.15, -0.1) is 0 Å². The summed E-state index contributed by atoms with van der Waals surface area (Å²) in [7, 11) is 1.66. The van der Waals surface area contributed by atoms with Crippen LogP contribution in [0.5, 0.6) is 5.75 Å². The SMILES string of the molecule is COc1ccccc1CNC(=S)Nc1cccnc1. The Labute approximate surface area is 117 Å². The van der Waals surface area contributed by atoms with Gasteiger partial charge in [-0.3, -0.25) is 4.98 Å². The molecule has 0 spiro atoms. The van der Waals surface area contributed by atoms with Crippen molar-refractivity contribution >= 4 is 23.0 Å². The molecule has 0 amide bonds. The Morgan fingerprint density at radius 3 is 2.84 bits per heavy atom. The van der Waals surface area contributed by atoms with Crippen LogP contribution in [0.3, 0.4) is 0 Å². The van der Waals surface area contributed by atoms with E-state index in [2.05, 4.69) is 15.6 Å². The molecule has 0 fully saturated rings. The van der Waals surface area contributed by atoms with Gasteiger partial charge in [0.1, 0.15) is 5.75 Å². The number of para-hydroxylation sites is 1. The zero-order valence-electron chi connectivity index (χ0n) is 10.6. The average Bonchev–Trinajstić information content (AvgIpc) is 2.46. The second kappa shape index (κ2) is 6.70. The van der Waals surface area contributed by atoms with Crippen molar-refractivity contribution < 1.29 is 4.74 Å². The van der Waals surface area contributed by atoms with E-state index in [9.17, 15) is 0 Å². The molecule has 1 aromatic carbocycles. The van der Waals surface area contributed by atoms with Crippen molar-refractivity contribution in [1.82, 2.24) is 10.3 Å². The number of hydrogen-bond donors (Lipinski definition) is 2. The van der Waals surface area contributed by atoms with Crippen molar-refractivity contribution in [3.8, 4) is 5.75 Å². The van der Waals surface area contributed by atoms with Gasteiger partial charge in [-0.05, 0) is 30.4 Å². The normalized spacial score (nSPS) is 9.74. The van der Waals surface area contributed by atoms with Gasteiger partial charge < -0.3 is 15.4 Å². The van der Waals surface area contributed by atoms with Crippen LogP contribution in [0.4, 0.5) is 5.69 Å². The van der Waals surface area contributed by atoms with Crippen LogP contribution >= 0.6 is 12.2 Å². The summed E-state index contributed by atoms with van der Waals surface area (Å²) in [5.41, 5.74) is 1.92. The molecule has 0 aliphatic rings. The van der Waals surface area contributed by atoms with Crippen molar-refractivity contribution in [2.75, 3.05) is 12.4 Å². The van der Waals surface area contributed by atoms with E-state index < -0.39 is 0 Å². The number of rotatable bonds is 4. The molecule has 1 heterocycles. The van der Waals surface area contributed by atoms with Gasteiger partial charge in [-0.25, -0.2) is 0 Å². The Hall–Kier alpha value is -2.14. The minimum absolute atomic E-state index is 0.555. The Kier molecular flexibility index (Phi) is 4.69. The van der Waals surface area contributed by atoms with Gasteiger partial charge in [0.25, 0.3) is 0 Å². The zero-order chi connectivity index (χ0) is 13.5. The Balaban J connectivity index is 1.90. The van der Waals surface area contributed by atoms with Crippen LogP contribution in [0.15, 0.2) is 48.8 Å². The molecule has 0 atom stereocenters. The topological polar surface area (TPSA) is 46.2 Å². The van der Waals surface area contributed by atoms with Gasteiger partial charge in [-0.2, -0.15) is 0 Å². The summed E-state index contributed by atoms with van der Waals surface area (Å²) < 4.78 is 5.28. The molecule has 19 heavy (non-hydrogen) atoms. The first-order valence-electron chi connectivity index (χ1n) is 5.86. The summed E-state index contributed by atoms with van der Waals surface area (Å²) in [5, 5.41) is 6.76. The maximum atomic E-state index is 5.28. The fourth-order valence-corrected chi connectivity index (χ4v) is 1.83. The van der Waals surface area contributed by atoms with Crippen LogP contribution in [-0.2, 0) is 6.54 Å². The fourth-order valence-electron chi connectivity index (χ4n) is 1.64. The Bertz CT molecular complexity index is 545. The molecule has 2 N–H and O–H groups in total. The lowest BCUT2D eigenvalue weighted by Gasteiger charge is -2.12. The highest BCUT2D eigenvalue weighted by molar-refractivity contribution is 7.80. The molecule has 0 bridgehead atoms. The largest absolute Gasteiger partial charge is 0.496 e. The first-order chi connectivity index (χ1) is 9.29. The highest BCUT2D eigenvalue weighted by Crippen LogP contribution is 2.16. The number of thiocarbonyl (C=S) groups is 1.